The highest BCUT2D eigenvalue weighted by Crippen LogP contribution is 2.34. The lowest BCUT2D eigenvalue weighted by atomic mass is 9.90. The van der Waals surface area contributed by atoms with Crippen LogP contribution in [-0.4, -0.2) is 12.7 Å². The minimum atomic E-state index is -0.358. The lowest BCUT2D eigenvalue weighted by molar-refractivity contribution is -0.122. The fourth-order valence-electron chi connectivity index (χ4n) is 3.35. The fourth-order valence-corrected chi connectivity index (χ4v) is 3.35. The molecule has 0 fully saturated rings. The average molecular weight is 359 g/mol. The van der Waals surface area contributed by atoms with E-state index in [1.807, 2.05) is 85.8 Å². The van der Waals surface area contributed by atoms with Crippen LogP contribution in [0, 0.1) is 0 Å². The van der Waals surface area contributed by atoms with Gasteiger partial charge in [0.2, 0.25) is 12.7 Å². The first-order valence-corrected chi connectivity index (χ1v) is 9.02. The molecule has 1 N–H and O–H groups in total. The minimum Gasteiger partial charge on any atom is -0.454 e. The van der Waals surface area contributed by atoms with Gasteiger partial charge in [-0.15, -0.1) is 0 Å². The van der Waals surface area contributed by atoms with Crippen molar-refractivity contribution in [2.75, 3.05) is 6.79 Å². The smallest absolute Gasteiger partial charge is 0.232 e. The zero-order valence-corrected chi connectivity index (χ0v) is 15.1. The number of benzene rings is 3. The Morgan fingerprint density at radius 3 is 2.04 bits per heavy atom. The highest BCUT2D eigenvalue weighted by molar-refractivity contribution is 5.87. The number of amides is 1. The Hall–Kier alpha value is -3.27. The number of hydrogen-bond donors (Lipinski definition) is 1. The molecule has 0 aromatic heterocycles. The zero-order valence-electron chi connectivity index (χ0n) is 15.1. The molecular formula is C23H21NO3. The largest absolute Gasteiger partial charge is 0.454 e. The van der Waals surface area contributed by atoms with Crippen molar-refractivity contribution in [2.45, 2.75) is 18.9 Å². The van der Waals surface area contributed by atoms with Gasteiger partial charge in [-0.05, 0) is 35.7 Å². The third kappa shape index (κ3) is 3.65. The van der Waals surface area contributed by atoms with Crippen LogP contribution in [0.4, 0.5) is 0 Å². The van der Waals surface area contributed by atoms with E-state index in [0.29, 0.717) is 0 Å². The highest BCUT2D eigenvalue weighted by Gasteiger charge is 2.24. The second-order valence-corrected chi connectivity index (χ2v) is 6.60. The fraction of sp³-hybridized carbons (Fsp3) is 0.174. The summed E-state index contributed by atoms with van der Waals surface area (Å²) in [4.78, 5) is 13.2. The molecule has 0 aliphatic carbocycles. The topological polar surface area (TPSA) is 47.6 Å². The van der Waals surface area contributed by atoms with Crippen LogP contribution in [0.3, 0.4) is 0 Å². The number of ether oxygens (including phenoxy) is 2. The molecule has 3 aromatic carbocycles. The summed E-state index contributed by atoms with van der Waals surface area (Å²) >= 11 is 0. The van der Waals surface area contributed by atoms with E-state index in [2.05, 4.69) is 5.32 Å². The summed E-state index contributed by atoms with van der Waals surface area (Å²) in [6.45, 7) is 2.21. The monoisotopic (exact) mass is 359 g/mol. The maximum absolute atomic E-state index is 13.2. The van der Waals surface area contributed by atoms with Gasteiger partial charge in [0.05, 0.1) is 12.0 Å². The van der Waals surface area contributed by atoms with Crippen LogP contribution < -0.4 is 14.8 Å². The molecule has 136 valence electrons. The second kappa shape index (κ2) is 7.54. The number of nitrogens with one attached hydrogen (secondary N) is 1. The van der Waals surface area contributed by atoms with Crippen molar-refractivity contribution in [2.24, 2.45) is 0 Å². The van der Waals surface area contributed by atoms with E-state index in [4.69, 9.17) is 9.47 Å². The molecule has 0 spiro atoms. The number of hydrogen-bond acceptors (Lipinski definition) is 3. The lowest BCUT2D eigenvalue weighted by Gasteiger charge is -2.21. The van der Waals surface area contributed by atoms with E-state index in [1.54, 1.807) is 0 Å². The Kier molecular flexibility index (Phi) is 4.79. The molecule has 1 aliphatic rings. The number of carbonyl (C=O) groups excluding carboxylic acids is 1. The molecule has 1 atom stereocenters. The van der Waals surface area contributed by atoms with Crippen LogP contribution in [0.5, 0.6) is 11.5 Å². The number of fused-ring (bicyclic) bond motifs is 1. The quantitative estimate of drug-likeness (QED) is 0.733. The lowest BCUT2D eigenvalue weighted by Crippen LogP contribution is -2.32. The van der Waals surface area contributed by atoms with Gasteiger partial charge in [0.1, 0.15) is 0 Å². The normalized spacial score (nSPS) is 13.4. The van der Waals surface area contributed by atoms with Gasteiger partial charge < -0.3 is 14.8 Å². The first kappa shape index (κ1) is 17.2. The predicted molar refractivity (Wildman–Crippen MR) is 104 cm³/mol. The summed E-state index contributed by atoms with van der Waals surface area (Å²) in [7, 11) is 0. The third-order valence-electron chi connectivity index (χ3n) is 4.78. The summed E-state index contributed by atoms with van der Waals surface area (Å²) in [6, 6.07) is 25.3. The Balaban J connectivity index is 1.58. The minimum absolute atomic E-state index is 0.0300. The average Bonchev–Trinajstić information content (AvgIpc) is 3.17. The number of carbonyl (C=O) groups is 1. The summed E-state index contributed by atoms with van der Waals surface area (Å²) in [5.74, 6) is 1.07. The maximum atomic E-state index is 13.2. The van der Waals surface area contributed by atoms with Gasteiger partial charge in [-0.1, -0.05) is 66.7 Å². The van der Waals surface area contributed by atoms with Crippen LogP contribution in [0.1, 0.15) is 35.6 Å². The Bertz CT molecular complexity index is 885. The summed E-state index contributed by atoms with van der Waals surface area (Å²) in [5, 5.41) is 3.15. The highest BCUT2D eigenvalue weighted by atomic mass is 16.7. The summed E-state index contributed by atoms with van der Waals surface area (Å²) in [5.41, 5.74) is 2.92. The summed E-state index contributed by atoms with van der Waals surface area (Å²) < 4.78 is 10.8. The Morgan fingerprint density at radius 1 is 0.815 bits per heavy atom. The van der Waals surface area contributed by atoms with Crippen molar-refractivity contribution in [3.05, 3.63) is 95.6 Å². The van der Waals surface area contributed by atoms with Crippen molar-refractivity contribution in [1.82, 2.24) is 5.32 Å². The molecule has 27 heavy (non-hydrogen) atoms. The SMILES string of the molecule is C[C@@H](NC(=O)C(c1ccccc1)c1ccccc1)c1ccc2c(c1)OCO2. The van der Waals surface area contributed by atoms with Crippen LogP contribution in [0.15, 0.2) is 78.9 Å². The standard InChI is InChI=1S/C23H21NO3/c1-16(19-12-13-20-21(14-19)27-15-26-20)24-23(25)22(17-8-4-2-5-9-17)18-10-6-3-7-11-18/h2-14,16,22H,15H2,1H3,(H,24,25)/t16-/m1/s1. The van der Waals surface area contributed by atoms with Crippen LogP contribution in [-0.2, 0) is 4.79 Å². The van der Waals surface area contributed by atoms with Gasteiger partial charge >= 0.3 is 0 Å². The van der Waals surface area contributed by atoms with Gasteiger partial charge in [0.15, 0.2) is 11.5 Å². The van der Waals surface area contributed by atoms with Gasteiger partial charge in [-0.2, -0.15) is 0 Å². The van der Waals surface area contributed by atoms with E-state index < -0.39 is 0 Å². The molecule has 3 aromatic rings. The molecule has 0 unspecified atom stereocenters. The van der Waals surface area contributed by atoms with Crippen LogP contribution >= 0.6 is 0 Å². The number of rotatable bonds is 5. The molecule has 1 aliphatic heterocycles. The first-order valence-electron chi connectivity index (χ1n) is 9.02. The van der Waals surface area contributed by atoms with Crippen molar-refractivity contribution in [3.8, 4) is 11.5 Å². The van der Waals surface area contributed by atoms with E-state index in [0.717, 1.165) is 28.2 Å². The molecule has 0 saturated carbocycles. The molecule has 1 amide bonds. The third-order valence-corrected chi connectivity index (χ3v) is 4.78. The van der Waals surface area contributed by atoms with E-state index in [-0.39, 0.29) is 24.7 Å². The van der Waals surface area contributed by atoms with Crippen molar-refractivity contribution >= 4 is 5.91 Å². The van der Waals surface area contributed by atoms with Gasteiger partial charge in [0.25, 0.3) is 0 Å². The maximum Gasteiger partial charge on any atom is 0.232 e. The van der Waals surface area contributed by atoms with Crippen molar-refractivity contribution in [3.63, 3.8) is 0 Å². The van der Waals surface area contributed by atoms with Gasteiger partial charge in [-0.25, -0.2) is 0 Å². The Morgan fingerprint density at radius 2 is 1.41 bits per heavy atom. The van der Waals surface area contributed by atoms with E-state index in [1.165, 1.54) is 0 Å². The molecular weight excluding hydrogens is 338 g/mol. The first-order chi connectivity index (χ1) is 13.2. The molecule has 0 radical (unpaired) electrons. The molecule has 4 nitrogen and oxygen atoms in total. The second-order valence-electron chi connectivity index (χ2n) is 6.60. The molecule has 4 heteroatoms. The molecule has 4 rings (SSSR count). The molecule has 1 heterocycles. The van der Waals surface area contributed by atoms with E-state index in [9.17, 15) is 4.79 Å². The van der Waals surface area contributed by atoms with Crippen molar-refractivity contribution in [1.29, 1.82) is 0 Å². The van der Waals surface area contributed by atoms with Crippen LogP contribution in [0.2, 0.25) is 0 Å². The zero-order chi connectivity index (χ0) is 18.6. The van der Waals surface area contributed by atoms with Gasteiger partial charge in [0, 0.05) is 0 Å². The van der Waals surface area contributed by atoms with Gasteiger partial charge in [-0.3, -0.25) is 4.79 Å². The summed E-state index contributed by atoms with van der Waals surface area (Å²) in [6.07, 6.45) is 0. The van der Waals surface area contributed by atoms with Crippen molar-refractivity contribution < 1.29 is 14.3 Å². The predicted octanol–water partition coefficient (Wildman–Crippen LogP) is 4.42. The Labute approximate surface area is 158 Å². The molecule has 0 saturated heterocycles. The van der Waals surface area contributed by atoms with Crippen LogP contribution in [0.25, 0.3) is 0 Å². The molecule has 0 bridgehead atoms. The van der Waals surface area contributed by atoms with E-state index >= 15 is 0 Å².